The summed E-state index contributed by atoms with van der Waals surface area (Å²) in [6, 6.07) is 18.1. The fourth-order valence-electron chi connectivity index (χ4n) is 2.74. The minimum Gasteiger partial charge on any atom is -0.440 e. The predicted octanol–water partition coefficient (Wildman–Crippen LogP) is 5.46. The molecule has 0 atom stereocenters. The first-order valence-corrected chi connectivity index (χ1v) is 8.66. The molecule has 3 aromatic carbocycles. The molecule has 0 unspecified atom stereocenters. The fraction of sp³-hybridized carbons (Fsp3) is 0.0476. The summed E-state index contributed by atoms with van der Waals surface area (Å²) >= 11 is 6.18. The number of nitrogens with one attached hydrogen (secondary N) is 1. The zero-order chi connectivity index (χ0) is 18.8. The van der Waals surface area contributed by atoms with Crippen molar-refractivity contribution in [3.8, 4) is 0 Å². The van der Waals surface area contributed by atoms with Crippen molar-refractivity contribution in [3.63, 3.8) is 0 Å². The van der Waals surface area contributed by atoms with Gasteiger partial charge in [-0.25, -0.2) is 9.37 Å². The zero-order valence-electron chi connectivity index (χ0n) is 14.1. The lowest BCUT2D eigenvalue weighted by molar-refractivity contribution is 0.102. The highest BCUT2D eigenvalue weighted by Crippen LogP contribution is 2.24. The first-order chi connectivity index (χ1) is 13.1. The molecule has 4 nitrogen and oxygen atoms in total. The zero-order valence-corrected chi connectivity index (χ0v) is 14.8. The Kier molecular flexibility index (Phi) is 4.60. The number of oxazole rings is 1. The lowest BCUT2D eigenvalue weighted by atomic mass is 10.1. The van der Waals surface area contributed by atoms with Crippen LogP contribution in [0.25, 0.3) is 11.1 Å². The van der Waals surface area contributed by atoms with Crippen molar-refractivity contribution in [2.45, 2.75) is 6.42 Å². The van der Waals surface area contributed by atoms with Crippen LogP contribution in [0.1, 0.15) is 21.8 Å². The van der Waals surface area contributed by atoms with Gasteiger partial charge in [-0.1, -0.05) is 29.8 Å². The van der Waals surface area contributed by atoms with Gasteiger partial charge in [-0.3, -0.25) is 4.79 Å². The van der Waals surface area contributed by atoms with Gasteiger partial charge < -0.3 is 9.73 Å². The molecule has 134 valence electrons. The summed E-state index contributed by atoms with van der Waals surface area (Å²) in [5.74, 6) is -0.170. The number of benzene rings is 3. The summed E-state index contributed by atoms with van der Waals surface area (Å²) < 4.78 is 18.7. The van der Waals surface area contributed by atoms with E-state index in [1.807, 2.05) is 24.3 Å². The number of aromatic nitrogens is 1. The minimum absolute atomic E-state index is 0.325. The number of carbonyl (C=O) groups excluding carboxylic acids is 1. The van der Waals surface area contributed by atoms with Crippen molar-refractivity contribution in [1.82, 2.24) is 4.98 Å². The van der Waals surface area contributed by atoms with Crippen LogP contribution in [-0.4, -0.2) is 10.9 Å². The molecule has 0 radical (unpaired) electrons. The molecule has 4 rings (SSSR count). The highest BCUT2D eigenvalue weighted by Gasteiger charge is 2.11. The highest BCUT2D eigenvalue weighted by molar-refractivity contribution is 6.31. The molecule has 1 amide bonds. The normalized spacial score (nSPS) is 10.9. The second-order valence-electron chi connectivity index (χ2n) is 6.02. The first kappa shape index (κ1) is 17.2. The predicted molar refractivity (Wildman–Crippen MR) is 103 cm³/mol. The maximum Gasteiger partial charge on any atom is 0.255 e. The van der Waals surface area contributed by atoms with Crippen LogP contribution >= 0.6 is 11.6 Å². The molecule has 0 aliphatic carbocycles. The Morgan fingerprint density at radius 3 is 2.63 bits per heavy atom. The van der Waals surface area contributed by atoms with E-state index < -0.39 is 0 Å². The summed E-state index contributed by atoms with van der Waals surface area (Å²) in [6.45, 7) is 0. The van der Waals surface area contributed by atoms with E-state index in [1.165, 1.54) is 24.3 Å². The summed E-state index contributed by atoms with van der Waals surface area (Å²) in [5, 5.41) is 3.43. The van der Waals surface area contributed by atoms with Crippen molar-refractivity contribution >= 4 is 34.3 Å². The Labute approximate surface area is 159 Å². The van der Waals surface area contributed by atoms with Crippen LogP contribution in [0.3, 0.4) is 0 Å². The van der Waals surface area contributed by atoms with Crippen molar-refractivity contribution < 1.29 is 13.6 Å². The quantitative estimate of drug-likeness (QED) is 0.511. The van der Waals surface area contributed by atoms with Crippen LogP contribution in [0, 0.1) is 5.82 Å². The van der Waals surface area contributed by atoms with Gasteiger partial charge >= 0.3 is 0 Å². The number of fused-ring (bicyclic) bond motifs is 1. The van der Waals surface area contributed by atoms with Crippen LogP contribution in [0.2, 0.25) is 5.02 Å². The summed E-state index contributed by atoms with van der Waals surface area (Å²) in [4.78, 5) is 16.7. The molecule has 0 saturated heterocycles. The average Bonchev–Trinajstić information content (AvgIpc) is 3.06. The van der Waals surface area contributed by atoms with Gasteiger partial charge in [-0.15, -0.1) is 0 Å². The number of amides is 1. The second-order valence-corrected chi connectivity index (χ2v) is 6.43. The molecule has 0 aliphatic heterocycles. The summed E-state index contributed by atoms with van der Waals surface area (Å²) in [6.07, 6.45) is 0.478. The molecule has 6 heteroatoms. The van der Waals surface area contributed by atoms with Crippen LogP contribution in [0.5, 0.6) is 0 Å². The van der Waals surface area contributed by atoms with E-state index >= 15 is 0 Å². The Hall–Kier alpha value is -3.18. The van der Waals surface area contributed by atoms with E-state index in [9.17, 15) is 9.18 Å². The third kappa shape index (κ3) is 3.83. The third-order valence-corrected chi connectivity index (χ3v) is 4.46. The van der Waals surface area contributed by atoms with Crippen LogP contribution in [0.4, 0.5) is 10.1 Å². The highest BCUT2D eigenvalue weighted by atomic mass is 35.5. The van der Waals surface area contributed by atoms with Gasteiger partial charge in [-0.05, 0) is 54.1 Å². The van der Waals surface area contributed by atoms with Crippen LogP contribution in [0.15, 0.2) is 71.1 Å². The summed E-state index contributed by atoms with van der Waals surface area (Å²) in [7, 11) is 0. The van der Waals surface area contributed by atoms with Crippen LogP contribution in [-0.2, 0) is 6.42 Å². The van der Waals surface area contributed by atoms with Crippen molar-refractivity contribution in [2.75, 3.05) is 5.32 Å². The molecule has 4 aromatic rings. The maximum atomic E-state index is 13.0. The number of carbonyl (C=O) groups is 1. The van der Waals surface area contributed by atoms with Gasteiger partial charge in [0.05, 0.1) is 6.42 Å². The smallest absolute Gasteiger partial charge is 0.255 e. The van der Waals surface area contributed by atoms with Gasteiger partial charge in [-0.2, -0.15) is 0 Å². The van der Waals surface area contributed by atoms with Crippen molar-refractivity contribution in [2.24, 2.45) is 0 Å². The molecule has 1 heterocycles. The van der Waals surface area contributed by atoms with Gasteiger partial charge in [0.15, 0.2) is 11.5 Å². The lowest BCUT2D eigenvalue weighted by Gasteiger charge is -2.04. The fourth-order valence-corrected chi connectivity index (χ4v) is 2.94. The lowest BCUT2D eigenvalue weighted by Crippen LogP contribution is -2.11. The molecule has 0 spiro atoms. The molecular formula is C21H14ClFN2O2. The second kappa shape index (κ2) is 7.21. The average molecular weight is 381 g/mol. The van der Waals surface area contributed by atoms with E-state index in [0.717, 1.165) is 5.56 Å². The molecule has 0 bridgehead atoms. The molecule has 0 fully saturated rings. The number of rotatable bonds is 4. The molecule has 1 N–H and O–H groups in total. The Morgan fingerprint density at radius 1 is 1.07 bits per heavy atom. The van der Waals surface area contributed by atoms with Crippen molar-refractivity contribution in [3.05, 3.63) is 94.6 Å². The maximum absolute atomic E-state index is 13.0. The number of nitrogens with zero attached hydrogens (tertiary/aromatic N) is 1. The number of anilines is 1. The number of hydrogen-bond donors (Lipinski definition) is 1. The first-order valence-electron chi connectivity index (χ1n) is 8.28. The van der Waals surface area contributed by atoms with Crippen molar-refractivity contribution in [1.29, 1.82) is 0 Å². The number of hydrogen-bond acceptors (Lipinski definition) is 3. The standard InChI is InChI=1S/C21H14ClFN2O2/c22-17-4-2-1-3-14(17)11-20-25-18-12-16(9-10-19(18)27-20)24-21(26)13-5-7-15(23)8-6-13/h1-10,12H,11H2,(H,24,26). The summed E-state index contributed by atoms with van der Waals surface area (Å²) in [5.41, 5.74) is 3.13. The molecule has 0 aliphatic rings. The Bertz CT molecular complexity index is 1120. The van der Waals surface area contributed by atoms with Gasteiger partial charge in [0.2, 0.25) is 0 Å². The molecule has 27 heavy (non-hydrogen) atoms. The van der Waals surface area contributed by atoms with E-state index in [4.69, 9.17) is 16.0 Å². The molecular weight excluding hydrogens is 367 g/mol. The molecule has 0 saturated carbocycles. The van der Waals surface area contributed by atoms with Gasteiger partial charge in [0.1, 0.15) is 11.3 Å². The van der Waals surface area contributed by atoms with Gasteiger partial charge in [0.25, 0.3) is 5.91 Å². The largest absolute Gasteiger partial charge is 0.440 e. The topological polar surface area (TPSA) is 55.1 Å². The Morgan fingerprint density at radius 2 is 1.85 bits per heavy atom. The van der Waals surface area contributed by atoms with Gasteiger partial charge in [0, 0.05) is 16.3 Å². The molecule has 1 aromatic heterocycles. The number of halogens is 2. The van der Waals surface area contributed by atoms with Crippen LogP contribution < -0.4 is 5.32 Å². The SMILES string of the molecule is O=C(Nc1ccc2oc(Cc3ccccc3Cl)nc2c1)c1ccc(F)cc1. The van der Waals surface area contributed by atoms with E-state index in [-0.39, 0.29) is 11.7 Å². The Balaban J connectivity index is 1.55. The monoisotopic (exact) mass is 380 g/mol. The minimum atomic E-state index is -0.387. The van der Waals surface area contributed by atoms with E-state index in [0.29, 0.717) is 39.7 Å². The van der Waals surface area contributed by atoms with E-state index in [2.05, 4.69) is 10.3 Å². The van der Waals surface area contributed by atoms with E-state index in [1.54, 1.807) is 18.2 Å². The third-order valence-electron chi connectivity index (χ3n) is 4.10.